The van der Waals surface area contributed by atoms with E-state index in [1.165, 1.54) is 44.0 Å². The standard InChI is InChI=1S/C14H19FN2O/c1-10-3-2-4-11(7-10)9-17-14(18)12-5-6-16-13(15)8-12/h5-6,8,10-11H,2-4,7,9H2,1H3,(H,17,18)/t10-,11-/m1/s1. The summed E-state index contributed by atoms with van der Waals surface area (Å²) in [6.07, 6.45) is 6.19. The number of nitrogens with one attached hydrogen (secondary N) is 1. The number of halogens is 1. The van der Waals surface area contributed by atoms with E-state index < -0.39 is 5.95 Å². The summed E-state index contributed by atoms with van der Waals surface area (Å²) in [6.45, 7) is 2.94. The number of hydrogen-bond donors (Lipinski definition) is 1. The van der Waals surface area contributed by atoms with E-state index in [1.807, 2.05) is 0 Å². The number of amides is 1. The Balaban J connectivity index is 1.84. The number of hydrogen-bond acceptors (Lipinski definition) is 2. The fraction of sp³-hybridized carbons (Fsp3) is 0.571. The Morgan fingerprint density at radius 1 is 1.56 bits per heavy atom. The smallest absolute Gasteiger partial charge is 0.251 e. The number of pyridine rings is 1. The molecule has 1 aromatic heterocycles. The Morgan fingerprint density at radius 2 is 2.39 bits per heavy atom. The van der Waals surface area contributed by atoms with Crippen molar-refractivity contribution in [2.45, 2.75) is 32.6 Å². The Hall–Kier alpha value is -1.45. The van der Waals surface area contributed by atoms with E-state index in [4.69, 9.17) is 0 Å². The summed E-state index contributed by atoms with van der Waals surface area (Å²) in [4.78, 5) is 15.3. The van der Waals surface area contributed by atoms with Crippen LogP contribution in [-0.4, -0.2) is 17.4 Å². The van der Waals surface area contributed by atoms with Crippen LogP contribution in [0.15, 0.2) is 18.3 Å². The number of rotatable bonds is 3. The van der Waals surface area contributed by atoms with Gasteiger partial charge in [0.1, 0.15) is 0 Å². The Kier molecular flexibility index (Phi) is 4.28. The molecule has 0 spiro atoms. The predicted molar refractivity (Wildman–Crippen MR) is 67.7 cm³/mol. The van der Waals surface area contributed by atoms with Crippen LogP contribution in [0.5, 0.6) is 0 Å². The number of carbonyl (C=O) groups is 1. The molecular weight excluding hydrogens is 231 g/mol. The van der Waals surface area contributed by atoms with E-state index in [9.17, 15) is 9.18 Å². The van der Waals surface area contributed by atoms with Crippen molar-refractivity contribution < 1.29 is 9.18 Å². The Bertz CT molecular complexity index is 422. The highest BCUT2D eigenvalue weighted by Gasteiger charge is 2.19. The zero-order valence-electron chi connectivity index (χ0n) is 10.7. The molecule has 1 amide bonds. The molecule has 1 saturated carbocycles. The van der Waals surface area contributed by atoms with Gasteiger partial charge in [0, 0.05) is 24.4 Å². The molecule has 4 heteroatoms. The van der Waals surface area contributed by atoms with Crippen molar-refractivity contribution in [3.05, 3.63) is 29.8 Å². The van der Waals surface area contributed by atoms with Crippen molar-refractivity contribution in [2.24, 2.45) is 11.8 Å². The molecule has 2 rings (SSSR count). The Labute approximate surface area is 107 Å². The summed E-state index contributed by atoms with van der Waals surface area (Å²) >= 11 is 0. The minimum atomic E-state index is -0.617. The molecule has 1 heterocycles. The van der Waals surface area contributed by atoms with Crippen LogP contribution in [0.3, 0.4) is 0 Å². The molecule has 1 aliphatic carbocycles. The van der Waals surface area contributed by atoms with E-state index >= 15 is 0 Å². The average Bonchev–Trinajstić information content (AvgIpc) is 2.36. The molecule has 0 saturated heterocycles. The monoisotopic (exact) mass is 250 g/mol. The molecule has 1 aliphatic rings. The highest BCUT2D eigenvalue weighted by molar-refractivity contribution is 5.93. The van der Waals surface area contributed by atoms with Crippen molar-refractivity contribution in [3.63, 3.8) is 0 Å². The lowest BCUT2D eigenvalue weighted by Crippen LogP contribution is -2.31. The van der Waals surface area contributed by atoms with Crippen LogP contribution in [0.2, 0.25) is 0 Å². The van der Waals surface area contributed by atoms with Crippen LogP contribution in [0.4, 0.5) is 4.39 Å². The number of nitrogens with zero attached hydrogens (tertiary/aromatic N) is 1. The van der Waals surface area contributed by atoms with Crippen LogP contribution in [-0.2, 0) is 0 Å². The predicted octanol–water partition coefficient (Wildman–Crippen LogP) is 2.78. The molecular formula is C14H19FN2O. The SMILES string of the molecule is C[C@@H]1CCC[C@@H](CNC(=O)c2ccnc(F)c2)C1. The lowest BCUT2D eigenvalue weighted by molar-refractivity contribution is 0.0940. The molecule has 0 unspecified atom stereocenters. The van der Waals surface area contributed by atoms with Crippen LogP contribution < -0.4 is 5.32 Å². The van der Waals surface area contributed by atoms with Crippen LogP contribution in [0, 0.1) is 17.8 Å². The first kappa shape index (κ1) is 13.0. The van der Waals surface area contributed by atoms with Gasteiger partial charge in [-0.25, -0.2) is 4.98 Å². The second kappa shape index (κ2) is 5.94. The van der Waals surface area contributed by atoms with Crippen molar-refractivity contribution in [2.75, 3.05) is 6.54 Å². The first-order valence-electron chi connectivity index (χ1n) is 6.55. The highest BCUT2D eigenvalue weighted by Crippen LogP contribution is 2.27. The van der Waals surface area contributed by atoms with Gasteiger partial charge in [0.15, 0.2) is 0 Å². The summed E-state index contributed by atoms with van der Waals surface area (Å²) in [5.41, 5.74) is 0.339. The van der Waals surface area contributed by atoms with Gasteiger partial charge in [-0.1, -0.05) is 19.8 Å². The maximum absolute atomic E-state index is 12.9. The molecule has 0 aromatic carbocycles. The van der Waals surface area contributed by atoms with Gasteiger partial charge >= 0.3 is 0 Å². The molecule has 0 radical (unpaired) electrons. The van der Waals surface area contributed by atoms with Gasteiger partial charge < -0.3 is 5.32 Å². The maximum atomic E-state index is 12.9. The second-order valence-electron chi connectivity index (χ2n) is 5.22. The van der Waals surface area contributed by atoms with E-state index in [2.05, 4.69) is 17.2 Å². The number of aromatic nitrogens is 1. The van der Waals surface area contributed by atoms with E-state index in [-0.39, 0.29) is 5.91 Å². The fourth-order valence-electron chi connectivity index (χ4n) is 2.63. The highest BCUT2D eigenvalue weighted by atomic mass is 19.1. The molecule has 1 fully saturated rings. The van der Waals surface area contributed by atoms with Crippen molar-refractivity contribution in [1.82, 2.24) is 10.3 Å². The van der Waals surface area contributed by atoms with Crippen LogP contribution in [0.1, 0.15) is 43.0 Å². The third kappa shape index (κ3) is 3.52. The van der Waals surface area contributed by atoms with E-state index in [1.54, 1.807) is 0 Å². The molecule has 2 atom stereocenters. The normalized spacial score (nSPS) is 23.7. The van der Waals surface area contributed by atoms with Gasteiger partial charge in [-0.05, 0) is 30.7 Å². The molecule has 1 N–H and O–H groups in total. The summed E-state index contributed by atoms with van der Waals surface area (Å²) in [5.74, 6) is 0.479. The van der Waals surface area contributed by atoms with Crippen LogP contribution in [0.25, 0.3) is 0 Å². The first-order chi connectivity index (χ1) is 8.65. The van der Waals surface area contributed by atoms with Gasteiger partial charge in [0.05, 0.1) is 0 Å². The van der Waals surface area contributed by atoms with Crippen molar-refractivity contribution >= 4 is 5.91 Å². The molecule has 1 aromatic rings. The third-order valence-corrected chi connectivity index (χ3v) is 3.59. The van der Waals surface area contributed by atoms with E-state index in [0.29, 0.717) is 18.0 Å². The van der Waals surface area contributed by atoms with E-state index in [0.717, 1.165) is 5.92 Å². The molecule has 3 nitrogen and oxygen atoms in total. The largest absolute Gasteiger partial charge is 0.352 e. The average molecular weight is 250 g/mol. The zero-order valence-corrected chi connectivity index (χ0v) is 10.7. The fourth-order valence-corrected chi connectivity index (χ4v) is 2.63. The van der Waals surface area contributed by atoms with Crippen LogP contribution >= 0.6 is 0 Å². The minimum absolute atomic E-state index is 0.213. The summed E-state index contributed by atoms with van der Waals surface area (Å²) in [6, 6.07) is 2.70. The summed E-state index contributed by atoms with van der Waals surface area (Å²) < 4.78 is 12.9. The van der Waals surface area contributed by atoms with Crippen molar-refractivity contribution in [1.29, 1.82) is 0 Å². The topological polar surface area (TPSA) is 42.0 Å². The first-order valence-corrected chi connectivity index (χ1v) is 6.55. The van der Waals surface area contributed by atoms with Gasteiger partial charge in [0.2, 0.25) is 5.95 Å². The third-order valence-electron chi connectivity index (χ3n) is 3.59. The molecule has 0 aliphatic heterocycles. The zero-order chi connectivity index (χ0) is 13.0. The maximum Gasteiger partial charge on any atom is 0.251 e. The number of carbonyl (C=O) groups excluding carboxylic acids is 1. The van der Waals surface area contributed by atoms with Crippen molar-refractivity contribution in [3.8, 4) is 0 Å². The Morgan fingerprint density at radius 3 is 3.11 bits per heavy atom. The lowest BCUT2D eigenvalue weighted by atomic mass is 9.82. The molecule has 18 heavy (non-hydrogen) atoms. The van der Waals surface area contributed by atoms with Gasteiger partial charge in [-0.15, -0.1) is 0 Å². The second-order valence-corrected chi connectivity index (χ2v) is 5.22. The minimum Gasteiger partial charge on any atom is -0.352 e. The molecule has 0 bridgehead atoms. The molecule has 98 valence electrons. The van der Waals surface area contributed by atoms with Gasteiger partial charge in [-0.2, -0.15) is 4.39 Å². The quantitative estimate of drug-likeness (QED) is 0.838. The lowest BCUT2D eigenvalue weighted by Gasteiger charge is -2.26. The van der Waals surface area contributed by atoms with Gasteiger partial charge in [0.25, 0.3) is 5.91 Å². The van der Waals surface area contributed by atoms with Gasteiger partial charge in [-0.3, -0.25) is 4.79 Å². The summed E-state index contributed by atoms with van der Waals surface area (Å²) in [7, 11) is 0. The summed E-state index contributed by atoms with van der Waals surface area (Å²) in [5, 5.41) is 2.88.